The molecule has 0 unspecified atom stereocenters. The summed E-state index contributed by atoms with van der Waals surface area (Å²) in [6.07, 6.45) is 5.42. The summed E-state index contributed by atoms with van der Waals surface area (Å²) in [5.41, 5.74) is 4.36. The van der Waals surface area contributed by atoms with Crippen molar-refractivity contribution in [2.75, 3.05) is 5.32 Å². The topological polar surface area (TPSA) is 42.0 Å². The number of benzene rings is 1. The number of aromatic nitrogens is 1. The molecule has 1 aromatic carbocycles. The number of nitrogens with zero attached hydrogens (tertiary/aromatic N) is 1. The Morgan fingerprint density at radius 3 is 2.84 bits per heavy atom. The molecule has 5 heteroatoms. The van der Waals surface area contributed by atoms with Crippen LogP contribution in [-0.4, -0.2) is 10.9 Å². The number of aryl methyl sites for hydroxylation is 2. The second-order valence-corrected chi connectivity index (χ2v) is 8.45. The zero-order chi connectivity index (χ0) is 17.2. The molecule has 1 aliphatic rings. The molecule has 2 heterocycles. The highest BCUT2D eigenvalue weighted by molar-refractivity contribution is 7.16. The molecule has 0 radical (unpaired) electrons. The second-order valence-electron chi connectivity index (χ2n) is 6.40. The van der Waals surface area contributed by atoms with Crippen LogP contribution in [-0.2, 0) is 19.3 Å². The molecular formula is C20H20N2OS2. The van der Waals surface area contributed by atoms with E-state index in [0.717, 1.165) is 30.5 Å². The van der Waals surface area contributed by atoms with Crippen molar-refractivity contribution in [3.63, 3.8) is 0 Å². The van der Waals surface area contributed by atoms with Gasteiger partial charge in [0.15, 0.2) is 5.13 Å². The van der Waals surface area contributed by atoms with Crippen molar-refractivity contribution in [1.29, 1.82) is 0 Å². The second kappa shape index (κ2) is 7.10. The molecule has 0 spiro atoms. The van der Waals surface area contributed by atoms with E-state index in [1.807, 2.05) is 30.5 Å². The Bertz CT molecular complexity index is 896. The predicted octanol–water partition coefficient (Wildman–Crippen LogP) is 5.23. The van der Waals surface area contributed by atoms with Gasteiger partial charge in [0.05, 0.1) is 11.3 Å². The average molecular weight is 369 g/mol. The van der Waals surface area contributed by atoms with Gasteiger partial charge in [-0.05, 0) is 43.7 Å². The zero-order valence-electron chi connectivity index (χ0n) is 14.2. The van der Waals surface area contributed by atoms with E-state index in [1.54, 1.807) is 22.7 Å². The number of fused-ring (bicyclic) bond motifs is 1. The zero-order valence-corrected chi connectivity index (χ0v) is 15.8. The summed E-state index contributed by atoms with van der Waals surface area (Å²) >= 11 is 3.30. The van der Waals surface area contributed by atoms with Gasteiger partial charge in [0, 0.05) is 21.6 Å². The number of hydrogen-bond acceptors (Lipinski definition) is 4. The molecule has 2 aromatic heterocycles. The van der Waals surface area contributed by atoms with Crippen LogP contribution in [0.3, 0.4) is 0 Å². The Hall–Kier alpha value is -1.98. The number of carbonyl (C=O) groups is 1. The molecule has 3 nitrogen and oxygen atoms in total. The first-order chi connectivity index (χ1) is 12.2. The fourth-order valence-corrected chi connectivity index (χ4v) is 5.39. The van der Waals surface area contributed by atoms with Crippen LogP contribution in [0.4, 0.5) is 5.13 Å². The number of nitrogens with one attached hydrogen (secondary N) is 1. The van der Waals surface area contributed by atoms with Crippen molar-refractivity contribution in [3.8, 4) is 0 Å². The van der Waals surface area contributed by atoms with Crippen LogP contribution in [0.15, 0.2) is 35.7 Å². The average Bonchev–Trinajstić information content (AvgIpc) is 3.19. The molecule has 1 amide bonds. The minimum Gasteiger partial charge on any atom is -0.298 e. The van der Waals surface area contributed by atoms with E-state index < -0.39 is 0 Å². The van der Waals surface area contributed by atoms with Gasteiger partial charge in [-0.15, -0.1) is 22.7 Å². The standard InChI is InChI=1S/C20H20N2OS2/c1-13-18(11-14-7-3-2-4-8-14)25-20(21-13)22-19(23)16-12-24-17-10-6-5-9-15(16)17/h2-4,7-8,12H,5-6,9-11H2,1H3,(H,21,22,23). The SMILES string of the molecule is Cc1nc(NC(=O)c2csc3c2CCCC3)sc1Cc1ccccc1. The Morgan fingerprint density at radius 1 is 1.20 bits per heavy atom. The van der Waals surface area contributed by atoms with Crippen molar-refractivity contribution in [1.82, 2.24) is 4.98 Å². The maximum Gasteiger partial charge on any atom is 0.258 e. The summed E-state index contributed by atoms with van der Waals surface area (Å²) in [7, 11) is 0. The molecule has 0 aliphatic heterocycles. The number of anilines is 1. The molecular weight excluding hydrogens is 348 g/mol. The van der Waals surface area contributed by atoms with Crippen LogP contribution in [0.1, 0.15) is 49.8 Å². The van der Waals surface area contributed by atoms with E-state index in [2.05, 4.69) is 22.4 Å². The van der Waals surface area contributed by atoms with E-state index in [4.69, 9.17) is 0 Å². The van der Waals surface area contributed by atoms with Gasteiger partial charge >= 0.3 is 0 Å². The van der Waals surface area contributed by atoms with Crippen molar-refractivity contribution < 1.29 is 4.79 Å². The van der Waals surface area contributed by atoms with Crippen LogP contribution in [0.25, 0.3) is 0 Å². The Labute approximate surface area is 155 Å². The molecule has 0 fully saturated rings. The van der Waals surface area contributed by atoms with Gasteiger partial charge in [0.2, 0.25) is 0 Å². The molecule has 4 rings (SSSR count). The van der Waals surface area contributed by atoms with Gasteiger partial charge in [-0.2, -0.15) is 0 Å². The van der Waals surface area contributed by atoms with Gasteiger partial charge in [-0.1, -0.05) is 30.3 Å². The van der Waals surface area contributed by atoms with Gasteiger partial charge in [-0.25, -0.2) is 4.98 Å². The summed E-state index contributed by atoms with van der Waals surface area (Å²) < 4.78 is 0. The molecule has 25 heavy (non-hydrogen) atoms. The predicted molar refractivity (Wildman–Crippen MR) is 105 cm³/mol. The molecule has 1 aliphatic carbocycles. The summed E-state index contributed by atoms with van der Waals surface area (Å²) in [4.78, 5) is 19.8. The lowest BCUT2D eigenvalue weighted by atomic mass is 9.96. The van der Waals surface area contributed by atoms with Crippen molar-refractivity contribution in [2.24, 2.45) is 0 Å². The highest BCUT2D eigenvalue weighted by Gasteiger charge is 2.21. The van der Waals surface area contributed by atoms with Gasteiger partial charge in [0.1, 0.15) is 0 Å². The minimum atomic E-state index is -0.0144. The first kappa shape index (κ1) is 16.5. The summed E-state index contributed by atoms with van der Waals surface area (Å²) in [5.74, 6) is -0.0144. The number of thiazole rings is 1. The van der Waals surface area contributed by atoms with Gasteiger partial charge in [0.25, 0.3) is 5.91 Å². The third-order valence-corrected chi connectivity index (χ3v) is 6.79. The fourth-order valence-electron chi connectivity index (χ4n) is 3.28. The number of hydrogen-bond donors (Lipinski definition) is 1. The van der Waals surface area contributed by atoms with Crippen LogP contribution in [0, 0.1) is 6.92 Å². The highest BCUT2D eigenvalue weighted by Crippen LogP contribution is 2.31. The third kappa shape index (κ3) is 3.53. The van der Waals surface area contributed by atoms with E-state index >= 15 is 0 Å². The lowest BCUT2D eigenvalue weighted by Gasteiger charge is -2.12. The lowest BCUT2D eigenvalue weighted by molar-refractivity contribution is 0.102. The van der Waals surface area contributed by atoms with Crippen molar-refractivity contribution in [3.05, 3.63) is 67.9 Å². The van der Waals surface area contributed by atoms with E-state index in [0.29, 0.717) is 5.13 Å². The van der Waals surface area contributed by atoms with Crippen LogP contribution in [0.2, 0.25) is 0 Å². The molecule has 0 saturated heterocycles. The lowest BCUT2D eigenvalue weighted by Crippen LogP contribution is -2.14. The first-order valence-corrected chi connectivity index (χ1v) is 10.3. The molecule has 0 atom stereocenters. The molecule has 3 aromatic rings. The Kier molecular flexibility index (Phi) is 4.68. The minimum absolute atomic E-state index is 0.0144. The van der Waals surface area contributed by atoms with E-state index in [1.165, 1.54) is 33.7 Å². The summed E-state index contributed by atoms with van der Waals surface area (Å²) in [6.45, 7) is 2.01. The summed E-state index contributed by atoms with van der Waals surface area (Å²) in [5, 5.41) is 5.73. The highest BCUT2D eigenvalue weighted by atomic mass is 32.1. The number of amides is 1. The van der Waals surface area contributed by atoms with Crippen LogP contribution < -0.4 is 5.32 Å². The molecule has 128 valence electrons. The summed E-state index contributed by atoms with van der Waals surface area (Å²) in [6, 6.07) is 10.4. The van der Waals surface area contributed by atoms with E-state index in [9.17, 15) is 4.79 Å². The first-order valence-electron chi connectivity index (χ1n) is 8.61. The Balaban J connectivity index is 1.50. The Morgan fingerprint density at radius 2 is 2.00 bits per heavy atom. The maximum absolute atomic E-state index is 12.7. The van der Waals surface area contributed by atoms with Crippen molar-refractivity contribution >= 4 is 33.7 Å². The largest absolute Gasteiger partial charge is 0.298 e. The van der Waals surface area contributed by atoms with Crippen LogP contribution >= 0.6 is 22.7 Å². The number of rotatable bonds is 4. The van der Waals surface area contributed by atoms with Crippen molar-refractivity contribution in [2.45, 2.75) is 39.0 Å². The normalized spacial score (nSPS) is 13.5. The molecule has 1 N–H and O–H groups in total. The molecule has 0 saturated carbocycles. The number of carbonyl (C=O) groups excluding carboxylic acids is 1. The number of thiophene rings is 1. The van der Waals surface area contributed by atoms with E-state index in [-0.39, 0.29) is 5.91 Å². The monoisotopic (exact) mass is 368 g/mol. The molecule has 0 bridgehead atoms. The fraction of sp³-hybridized carbons (Fsp3) is 0.300. The van der Waals surface area contributed by atoms with Crippen LogP contribution in [0.5, 0.6) is 0 Å². The maximum atomic E-state index is 12.7. The third-order valence-electron chi connectivity index (χ3n) is 4.63. The van der Waals surface area contributed by atoms with Gasteiger partial charge < -0.3 is 0 Å². The van der Waals surface area contributed by atoms with Gasteiger partial charge in [-0.3, -0.25) is 10.1 Å². The quantitative estimate of drug-likeness (QED) is 0.685. The smallest absolute Gasteiger partial charge is 0.258 e.